The molecule has 0 bridgehead atoms. The number of carboxylic acid groups (broad SMARTS) is 1. The van der Waals surface area contributed by atoms with Gasteiger partial charge in [-0.05, 0) is 35.6 Å². The second kappa shape index (κ2) is 9.43. The van der Waals surface area contributed by atoms with Crippen molar-refractivity contribution in [2.24, 2.45) is 0 Å². The Labute approximate surface area is 175 Å². The first-order valence-corrected chi connectivity index (χ1v) is 10.1. The third-order valence-corrected chi connectivity index (χ3v) is 5.26. The Morgan fingerprint density at radius 2 is 1.57 bits per heavy atom. The lowest BCUT2D eigenvalue weighted by Gasteiger charge is -2.20. The molecule has 1 aliphatic rings. The van der Waals surface area contributed by atoms with Crippen LogP contribution in [0.4, 0.5) is 4.79 Å². The fourth-order valence-electron chi connectivity index (χ4n) is 3.72. The van der Waals surface area contributed by atoms with Crippen molar-refractivity contribution in [3.8, 4) is 11.1 Å². The molecule has 0 saturated heterocycles. The first kappa shape index (κ1) is 21.4. The molecule has 0 aliphatic heterocycles. The van der Waals surface area contributed by atoms with Crippen molar-refractivity contribution in [1.29, 1.82) is 0 Å². The van der Waals surface area contributed by atoms with Crippen molar-refractivity contribution in [2.45, 2.75) is 44.7 Å². The quantitative estimate of drug-likeness (QED) is 0.619. The number of benzene rings is 2. The summed E-state index contributed by atoms with van der Waals surface area (Å²) >= 11 is 0. The molecule has 0 heterocycles. The van der Waals surface area contributed by atoms with Gasteiger partial charge in [-0.25, -0.2) is 4.79 Å². The number of carboxylic acids is 1. The normalized spacial score (nSPS) is 14.2. The van der Waals surface area contributed by atoms with E-state index in [1.54, 1.807) is 0 Å². The summed E-state index contributed by atoms with van der Waals surface area (Å²) in [5.41, 5.74) is 4.47. The van der Waals surface area contributed by atoms with E-state index in [-0.39, 0.29) is 12.5 Å². The van der Waals surface area contributed by atoms with Crippen LogP contribution in [0.25, 0.3) is 11.1 Å². The van der Waals surface area contributed by atoms with E-state index >= 15 is 0 Å². The largest absolute Gasteiger partial charge is 0.480 e. The molecule has 1 unspecified atom stereocenters. The maximum atomic E-state index is 12.4. The Kier molecular flexibility index (Phi) is 6.72. The van der Waals surface area contributed by atoms with Gasteiger partial charge in [0.2, 0.25) is 5.91 Å². The number of aliphatic carboxylic acids is 1. The predicted octanol–water partition coefficient (Wildman–Crippen LogP) is 3.28. The van der Waals surface area contributed by atoms with E-state index in [0.717, 1.165) is 22.3 Å². The molecule has 0 radical (unpaired) electrons. The number of rotatable bonds is 8. The van der Waals surface area contributed by atoms with Crippen molar-refractivity contribution >= 4 is 18.0 Å². The molecule has 0 aromatic heterocycles. The van der Waals surface area contributed by atoms with Gasteiger partial charge in [0, 0.05) is 5.92 Å². The second-order valence-corrected chi connectivity index (χ2v) is 7.38. The molecule has 7 heteroatoms. The van der Waals surface area contributed by atoms with Crippen molar-refractivity contribution in [1.82, 2.24) is 10.6 Å². The third kappa shape index (κ3) is 4.62. The average molecular weight is 410 g/mol. The minimum Gasteiger partial charge on any atom is -0.480 e. The van der Waals surface area contributed by atoms with Gasteiger partial charge in [-0.1, -0.05) is 61.9 Å². The maximum Gasteiger partial charge on any atom is 0.407 e. The highest BCUT2D eigenvalue weighted by Gasteiger charge is 2.30. The van der Waals surface area contributed by atoms with Crippen LogP contribution in [-0.4, -0.2) is 41.8 Å². The lowest BCUT2D eigenvalue weighted by Crippen LogP contribution is -2.50. The number of amides is 2. The fourth-order valence-corrected chi connectivity index (χ4v) is 3.72. The predicted molar refractivity (Wildman–Crippen MR) is 112 cm³/mol. The molecule has 2 amide bonds. The van der Waals surface area contributed by atoms with Gasteiger partial charge in [0.05, 0.1) is 0 Å². The van der Waals surface area contributed by atoms with Crippen molar-refractivity contribution in [2.75, 3.05) is 6.61 Å². The molecular weight excluding hydrogens is 384 g/mol. The molecule has 2 atom stereocenters. The van der Waals surface area contributed by atoms with Crippen LogP contribution >= 0.6 is 0 Å². The number of hydrogen-bond donors (Lipinski definition) is 3. The summed E-state index contributed by atoms with van der Waals surface area (Å²) in [6, 6.07) is 14.2. The molecule has 3 N–H and O–H groups in total. The van der Waals surface area contributed by atoms with Gasteiger partial charge in [0.15, 0.2) is 0 Å². The molecular formula is C23H26N2O5. The van der Waals surface area contributed by atoms with Gasteiger partial charge in [-0.3, -0.25) is 9.59 Å². The van der Waals surface area contributed by atoms with Gasteiger partial charge in [0.25, 0.3) is 0 Å². The maximum absolute atomic E-state index is 12.4. The van der Waals surface area contributed by atoms with Crippen molar-refractivity contribution in [3.05, 3.63) is 59.7 Å². The first-order valence-electron chi connectivity index (χ1n) is 10.1. The van der Waals surface area contributed by atoms with Crippen LogP contribution in [-0.2, 0) is 14.3 Å². The molecule has 2 aromatic carbocycles. The van der Waals surface area contributed by atoms with Crippen LogP contribution in [0.5, 0.6) is 0 Å². The molecule has 30 heavy (non-hydrogen) atoms. The van der Waals surface area contributed by atoms with Crippen LogP contribution < -0.4 is 10.6 Å². The average Bonchev–Trinajstić information content (AvgIpc) is 3.05. The Bertz CT molecular complexity index is 897. The summed E-state index contributed by atoms with van der Waals surface area (Å²) in [7, 11) is 0. The van der Waals surface area contributed by atoms with Crippen LogP contribution in [0.1, 0.15) is 43.7 Å². The number of carbonyl (C=O) groups is 3. The highest BCUT2D eigenvalue weighted by Crippen LogP contribution is 2.44. The smallest absolute Gasteiger partial charge is 0.407 e. The van der Waals surface area contributed by atoms with E-state index < -0.39 is 30.1 Å². The minimum atomic E-state index is -1.14. The van der Waals surface area contributed by atoms with E-state index in [1.807, 2.05) is 43.3 Å². The highest BCUT2D eigenvalue weighted by atomic mass is 16.5. The van der Waals surface area contributed by atoms with Crippen molar-refractivity contribution in [3.63, 3.8) is 0 Å². The molecule has 158 valence electrons. The summed E-state index contributed by atoms with van der Waals surface area (Å²) in [5, 5.41) is 13.9. The van der Waals surface area contributed by atoms with E-state index in [9.17, 15) is 14.4 Å². The Hall–Kier alpha value is -3.35. The van der Waals surface area contributed by atoms with E-state index in [0.29, 0.717) is 12.8 Å². The lowest BCUT2D eigenvalue weighted by atomic mass is 9.98. The highest BCUT2D eigenvalue weighted by molar-refractivity contribution is 5.89. The number of alkyl carbamates (subject to hydrolysis) is 1. The molecule has 0 fully saturated rings. The second-order valence-electron chi connectivity index (χ2n) is 7.38. The summed E-state index contributed by atoms with van der Waals surface area (Å²) < 4.78 is 5.47. The molecule has 0 saturated carbocycles. The SMILES string of the molecule is CCC[C@H](NC(=O)OCC1c2ccccc2-c2ccccc21)C(=O)NC(C)C(=O)O. The summed E-state index contributed by atoms with van der Waals surface area (Å²) in [5.74, 6) is -1.76. The zero-order valence-corrected chi connectivity index (χ0v) is 17.1. The zero-order valence-electron chi connectivity index (χ0n) is 17.1. The number of ether oxygens (including phenoxy) is 1. The van der Waals surface area contributed by atoms with Gasteiger partial charge < -0.3 is 20.5 Å². The Morgan fingerprint density at radius 1 is 1.00 bits per heavy atom. The van der Waals surface area contributed by atoms with E-state index in [1.165, 1.54) is 6.92 Å². The van der Waals surface area contributed by atoms with Gasteiger partial charge in [-0.2, -0.15) is 0 Å². The summed E-state index contributed by atoms with van der Waals surface area (Å²) in [6.45, 7) is 3.39. The zero-order chi connectivity index (χ0) is 21.7. The van der Waals surface area contributed by atoms with Gasteiger partial charge >= 0.3 is 12.1 Å². The lowest BCUT2D eigenvalue weighted by molar-refractivity contribution is -0.141. The topological polar surface area (TPSA) is 105 Å². The number of nitrogens with one attached hydrogen (secondary N) is 2. The van der Waals surface area contributed by atoms with Crippen LogP contribution in [0, 0.1) is 0 Å². The van der Waals surface area contributed by atoms with Crippen LogP contribution in [0.15, 0.2) is 48.5 Å². The Balaban J connectivity index is 1.65. The number of hydrogen-bond acceptors (Lipinski definition) is 4. The number of carbonyl (C=O) groups excluding carboxylic acids is 2. The van der Waals surface area contributed by atoms with E-state index in [2.05, 4.69) is 22.8 Å². The van der Waals surface area contributed by atoms with Crippen LogP contribution in [0.3, 0.4) is 0 Å². The molecule has 0 spiro atoms. The number of fused-ring (bicyclic) bond motifs is 3. The molecule has 3 rings (SSSR count). The summed E-state index contributed by atoms with van der Waals surface area (Å²) in [4.78, 5) is 35.7. The fraction of sp³-hybridized carbons (Fsp3) is 0.348. The van der Waals surface area contributed by atoms with Gasteiger partial charge in [0.1, 0.15) is 18.7 Å². The molecule has 1 aliphatic carbocycles. The molecule has 7 nitrogen and oxygen atoms in total. The van der Waals surface area contributed by atoms with Crippen LogP contribution in [0.2, 0.25) is 0 Å². The van der Waals surface area contributed by atoms with E-state index in [4.69, 9.17) is 9.84 Å². The monoisotopic (exact) mass is 410 g/mol. The standard InChI is InChI=1S/C23H26N2O5/c1-3-8-20(21(26)24-14(2)22(27)28)25-23(29)30-13-19-17-11-6-4-9-15(17)16-10-5-7-12-18(16)19/h4-7,9-12,14,19-20H,3,8,13H2,1-2H3,(H,24,26)(H,25,29)(H,27,28)/t14?,20-/m0/s1. The van der Waals surface area contributed by atoms with Gasteiger partial charge in [-0.15, -0.1) is 0 Å². The Morgan fingerprint density at radius 3 is 2.10 bits per heavy atom. The van der Waals surface area contributed by atoms with Crippen molar-refractivity contribution < 1.29 is 24.2 Å². The minimum absolute atomic E-state index is 0.0753. The molecule has 2 aromatic rings. The third-order valence-electron chi connectivity index (χ3n) is 5.26. The summed E-state index contributed by atoms with van der Waals surface area (Å²) in [6.07, 6.45) is 0.319. The first-order chi connectivity index (χ1) is 14.4.